The first kappa shape index (κ1) is 97.1. The highest BCUT2D eigenvalue weighted by Crippen LogP contribution is 2.29. The first-order chi connectivity index (χ1) is 60.2. The summed E-state index contributed by atoms with van der Waals surface area (Å²) in [6.45, 7) is 17.8. The second-order valence-electron chi connectivity index (χ2n) is 29.9. The van der Waals surface area contributed by atoms with Crippen LogP contribution in [0.1, 0.15) is 148 Å². The third-order valence-electron chi connectivity index (χ3n) is 16.6. The van der Waals surface area contributed by atoms with Gasteiger partial charge in [0, 0.05) is 62.7 Å². The fraction of sp³-hybridized carbons (Fsp3) is 0.178. The predicted molar refractivity (Wildman–Crippen MR) is 499 cm³/mol. The number of amides is 1. The predicted octanol–water partition coefficient (Wildman–Crippen LogP) is 16.0. The number of nitriles is 3. The van der Waals surface area contributed by atoms with Gasteiger partial charge in [-0.15, -0.1) is 0 Å². The van der Waals surface area contributed by atoms with Gasteiger partial charge >= 0.3 is 23.9 Å². The number of aliphatic hydroxyl groups is 1. The molecule has 5 heterocycles. The number of rotatable bonds is 19. The van der Waals surface area contributed by atoms with E-state index in [2.05, 4.69) is 61.8 Å². The third kappa shape index (κ3) is 28.6. The van der Waals surface area contributed by atoms with Crippen LogP contribution in [0.25, 0.3) is 21.8 Å². The molecule has 0 aliphatic heterocycles. The molecule has 13 aromatic rings. The van der Waals surface area contributed by atoms with E-state index < -0.39 is 57.7 Å². The van der Waals surface area contributed by atoms with E-state index in [0.29, 0.717) is 76.9 Å². The summed E-state index contributed by atoms with van der Waals surface area (Å²) >= 11 is 12.6. The number of aromatic amines is 3. The highest BCUT2D eigenvalue weighted by molar-refractivity contribution is 7.80. The number of esters is 3. The SMILES string of the molecule is CC(C)(C)OC(=O)c1cccc(N)c1.CC(C)(C)OC(=O)c1cccc(N=C=S)c1.CC(C)(C)OC(=O)c1cccc(NC(=S)C(C#N)C(N)=O)c1.CC(CO)N=C(N)c1c(Nc2cccc(C(=O)n3ccc4ccccc43)c2)s[nH]c1=O.N#Cc1c(Nc2cccc(C(=O)O)c2)s[nH]c1=O.N#Cc1c(Nc2cccc(C(=O)n3ccc4ccccc43)c2)s[nH]c1=O. The number of benzene rings is 8. The number of aromatic nitrogens is 5. The number of carboxylic acid groups (broad SMARTS) is 1. The number of hydrogen-bond acceptors (Lipinski definition) is 28. The molecule has 0 radical (unpaired) electrons. The average Bonchev–Trinajstić information content (AvgIpc) is 1.68. The van der Waals surface area contributed by atoms with Crippen molar-refractivity contribution in [2.24, 2.45) is 27.4 Å². The van der Waals surface area contributed by atoms with Crippen molar-refractivity contribution in [1.82, 2.24) is 22.3 Å². The van der Waals surface area contributed by atoms with Gasteiger partial charge in [0.25, 0.3) is 28.5 Å². The number of aliphatic imine (C=N–C) groups is 2. The van der Waals surface area contributed by atoms with Gasteiger partial charge in [-0.1, -0.05) is 85.0 Å². The number of carboxylic acids is 1. The highest BCUT2D eigenvalue weighted by Gasteiger charge is 2.25. The number of isothiocyanates is 1. The number of nitrogens with one attached hydrogen (secondary N) is 7. The zero-order chi connectivity index (χ0) is 93.0. The monoisotopic (exact) mass is 1800 g/mol. The second kappa shape index (κ2) is 44.6. The number of anilines is 8. The summed E-state index contributed by atoms with van der Waals surface area (Å²) in [4.78, 5) is 126. The quantitative estimate of drug-likeness (QED) is 0.00893. The van der Waals surface area contributed by atoms with E-state index in [0.717, 1.165) is 56.4 Å². The molecule has 1 amide bonds. The molecule has 0 fully saturated rings. The van der Waals surface area contributed by atoms with Crippen molar-refractivity contribution in [1.29, 1.82) is 15.8 Å². The summed E-state index contributed by atoms with van der Waals surface area (Å²) < 4.78 is 26.5. The van der Waals surface area contributed by atoms with Crippen molar-refractivity contribution in [3.63, 3.8) is 0 Å². The largest absolute Gasteiger partial charge is 0.478 e. The van der Waals surface area contributed by atoms with Gasteiger partial charge in [0.15, 0.2) is 17.0 Å². The molecule has 650 valence electrons. The van der Waals surface area contributed by atoms with Gasteiger partial charge in [0.05, 0.1) is 62.9 Å². The standard InChI is InChI=1S/C22H21N5O3S.C19H12N4O2S.C15H17N3O3S.C12H13NO2S.C11H7N3O3S.C11H15NO2/c1-13(12-28)24-19(23)18-20(29)26-31-21(18)25-16-7-4-6-15(11-16)22(30)27-10-9-14-5-2-3-8-17(14)27;20-11-15-17(24)22-26-18(15)21-14-6-3-5-13(10-14)19(25)23-9-8-12-4-1-2-7-16(12)23;1-15(2,3)21-14(20)9-5-4-6-10(7-9)18-13(22)11(8-16)12(17)19;1-12(2,3)15-11(14)9-5-4-6-10(7-9)13-8-16;12-5-8-9(15)14-18-10(8)13-7-3-1-2-6(4-7)11(16)17;1-11(2,3)14-10(13)8-5-4-6-9(12)7-8/h2-11,13,25,28H,12H2,1H3,(H2,23,24)(H,26,29);1-10,21H,(H,22,24);4-7,11H,1-3H3,(H2,17,19)(H,18,22);4-7H,1-3H3;1-4,13H,(H,14,15)(H,16,17);4-7H,12H2,1-3H3. The smallest absolute Gasteiger partial charge is 0.338 e. The van der Waals surface area contributed by atoms with Gasteiger partial charge in [0.2, 0.25) is 5.91 Å². The number of aliphatic hydroxyl groups excluding tert-OH is 1. The number of ether oxygens (including phenoxy) is 3. The van der Waals surface area contributed by atoms with Gasteiger partial charge in [-0.05, 0) is 250 Å². The van der Waals surface area contributed by atoms with E-state index in [4.69, 9.17) is 64.5 Å². The summed E-state index contributed by atoms with van der Waals surface area (Å²) in [6, 6.07) is 64.1. The van der Waals surface area contributed by atoms with Crippen LogP contribution in [0, 0.1) is 39.9 Å². The van der Waals surface area contributed by atoms with E-state index in [-0.39, 0.29) is 69.0 Å². The summed E-state index contributed by atoms with van der Waals surface area (Å²) in [6.07, 6.45) is 3.50. The lowest BCUT2D eigenvalue weighted by molar-refractivity contribution is -0.118. The Labute approximate surface area is 749 Å². The van der Waals surface area contributed by atoms with Crippen LogP contribution in [0.5, 0.6) is 0 Å². The van der Waals surface area contributed by atoms with Crippen LogP contribution in [0.3, 0.4) is 0 Å². The van der Waals surface area contributed by atoms with Gasteiger partial charge < -0.3 is 62.9 Å². The molecule has 8 aromatic carbocycles. The molecule has 32 nitrogen and oxygen atoms in total. The minimum atomic E-state index is -1.22. The number of fused-ring (bicyclic) bond motifs is 2. The number of aromatic carboxylic acids is 1. The normalized spacial score (nSPS) is 11.3. The molecule has 0 aliphatic rings. The molecular weight excluding hydrogens is 1720 g/mol. The Morgan fingerprint density at radius 1 is 0.512 bits per heavy atom. The summed E-state index contributed by atoms with van der Waals surface area (Å²) in [5, 5.41) is 62.0. The topological polar surface area (TPSA) is 518 Å². The van der Waals surface area contributed by atoms with Crippen LogP contribution in [-0.4, -0.2) is 120 Å². The zero-order valence-electron chi connectivity index (χ0n) is 69.8. The second-order valence-corrected chi connectivity index (χ2v) is 33.0. The van der Waals surface area contributed by atoms with Crippen molar-refractivity contribution in [3.8, 4) is 18.2 Å². The summed E-state index contributed by atoms with van der Waals surface area (Å²) in [7, 11) is 0. The molecular formula is C90H85N17O15S5. The third-order valence-corrected chi connectivity index (χ3v) is 19.4. The number of hydrogen-bond donors (Lipinski definition) is 12. The molecule has 37 heteroatoms. The maximum Gasteiger partial charge on any atom is 0.338 e. The highest BCUT2D eigenvalue weighted by atomic mass is 32.1. The number of carbonyl (C=O) groups excluding carboxylic acids is 6. The molecule has 15 N–H and O–H groups in total. The first-order valence-corrected chi connectivity index (χ1v) is 41.3. The van der Waals surface area contributed by atoms with E-state index in [1.165, 1.54) is 18.2 Å². The van der Waals surface area contributed by atoms with Crippen LogP contribution in [0.15, 0.2) is 243 Å². The van der Waals surface area contributed by atoms with Crippen LogP contribution in [0.4, 0.5) is 49.1 Å². The fourth-order valence-corrected chi connectivity index (χ4v) is 13.5. The molecule has 0 saturated carbocycles. The molecule has 2 atom stereocenters. The van der Waals surface area contributed by atoms with Crippen molar-refractivity contribution in [2.45, 2.75) is 92.1 Å². The lowest BCUT2D eigenvalue weighted by Gasteiger charge is -2.19. The number of primary amides is 1. The minimum absolute atomic E-state index is 0.0132. The number of nitrogens with two attached hydrogens (primary N) is 3. The molecule has 0 bridgehead atoms. The summed E-state index contributed by atoms with van der Waals surface area (Å²) in [5.74, 6) is -4.56. The number of thiocarbonyl (C=S) groups is 2. The molecule has 0 spiro atoms. The molecule has 127 heavy (non-hydrogen) atoms. The Morgan fingerprint density at radius 3 is 1.32 bits per heavy atom. The minimum Gasteiger partial charge on any atom is -0.478 e. The number of nitrogens with zero attached hydrogens (tertiary/aromatic N) is 7. The lowest BCUT2D eigenvalue weighted by atomic mass is 10.1. The Morgan fingerprint density at radius 2 is 0.898 bits per heavy atom. The maximum absolute atomic E-state index is 13.1. The molecule has 5 aromatic heterocycles. The Kier molecular flexibility index (Phi) is 34.1. The van der Waals surface area contributed by atoms with Crippen LogP contribution in [-0.2, 0) is 19.0 Å². The number of carbonyl (C=O) groups is 7. The molecule has 0 aliphatic carbocycles. The van der Waals surface area contributed by atoms with E-state index in [9.17, 15) is 53.1 Å². The maximum atomic E-state index is 13.1. The van der Waals surface area contributed by atoms with E-state index in [1.54, 1.807) is 189 Å². The Hall–Kier alpha value is -15.4. The van der Waals surface area contributed by atoms with Gasteiger partial charge in [-0.3, -0.25) is 56.0 Å². The Balaban J connectivity index is 0.000000193. The van der Waals surface area contributed by atoms with E-state index in [1.807, 2.05) is 108 Å². The lowest BCUT2D eigenvalue weighted by Crippen LogP contribution is -2.32. The van der Waals surface area contributed by atoms with Crippen molar-refractivity contribution >= 4 is 188 Å². The number of para-hydroxylation sites is 2. The molecule has 0 saturated heterocycles. The Bertz CT molecular complexity index is 6640. The number of H-pyrrole nitrogens is 3. The van der Waals surface area contributed by atoms with Crippen molar-refractivity contribution in [3.05, 3.63) is 300 Å². The van der Waals surface area contributed by atoms with Gasteiger partial charge in [-0.25, -0.2) is 19.2 Å². The van der Waals surface area contributed by atoms with Crippen molar-refractivity contribution in [2.75, 3.05) is 33.6 Å². The summed E-state index contributed by atoms with van der Waals surface area (Å²) in [5.41, 5.74) is 21.5. The average molecular weight is 1810 g/mol. The first-order valence-electron chi connectivity index (χ1n) is 38.0. The van der Waals surface area contributed by atoms with Gasteiger partial charge in [0.1, 0.15) is 60.3 Å². The van der Waals surface area contributed by atoms with Gasteiger partial charge in [-0.2, -0.15) is 20.8 Å². The number of amidine groups is 1. The number of nitrogen functional groups attached to an aromatic ring is 1. The fourth-order valence-electron chi connectivity index (χ4n) is 11.0. The van der Waals surface area contributed by atoms with Crippen LogP contribution < -0.4 is 55.1 Å². The molecule has 13 rings (SSSR count). The zero-order valence-corrected chi connectivity index (χ0v) is 73.8. The van der Waals surface area contributed by atoms with Crippen molar-refractivity contribution < 1.29 is 58.0 Å². The molecule has 2 unspecified atom stereocenters. The van der Waals surface area contributed by atoms with Crippen LogP contribution >= 0.6 is 59.0 Å². The van der Waals surface area contributed by atoms with Crippen LogP contribution in [0.2, 0.25) is 0 Å². The van der Waals surface area contributed by atoms with E-state index >= 15 is 0 Å².